The molecule has 6 nitrogen and oxygen atoms in total. The van der Waals surface area contributed by atoms with Gasteiger partial charge < -0.3 is 0 Å². The lowest BCUT2D eigenvalue weighted by Crippen LogP contribution is -2.53. The minimum Gasteiger partial charge on any atom is -0.295 e. The molecule has 1 heterocycles. The Bertz CT molecular complexity index is 625. The molecule has 1 aliphatic rings. The number of nitrogens with one attached hydrogen (secondary N) is 1. The summed E-state index contributed by atoms with van der Waals surface area (Å²) in [5.74, 6) is -1.53. The lowest BCUT2D eigenvalue weighted by atomic mass is 10.0. The Morgan fingerprint density at radius 3 is 2.48 bits per heavy atom. The van der Waals surface area contributed by atoms with Crippen LogP contribution in [0.3, 0.4) is 0 Å². The molecule has 1 aromatic rings. The van der Waals surface area contributed by atoms with Crippen molar-refractivity contribution in [2.45, 2.75) is 46.6 Å². The van der Waals surface area contributed by atoms with E-state index in [1.165, 1.54) is 0 Å². The predicted octanol–water partition coefficient (Wildman–Crippen LogP) is 1.73. The first-order valence-electron chi connectivity index (χ1n) is 7.63. The average molecular weight is 318 g/mol. The Hall–Kier alpha value is -2.50. The third kappa shape index (κ3) is 4.25. The summed E-state index contributed by atoms with van der Waals surface area (Å²) in [7, 11) is 0. The number of amides is 4. The third-order valence-electron chi connectivity index (χ3n) is 3.52. The summed E-state index contributed by atoms with van der Waals surface area (Å²) in [5.41, 5.74) is 2.00. The second kappa shape index (κ2) is 8.22. The van der Waals surface area contributed by atoms with Crippen molar-refractivity contribution in [3.05, 3.63) is 34.9 Å². The van der Waals surface area contributed by atoms with Crippen molar-refractivity contribution < 1.29 is 19.2 Å². The van der Waals surface area contributed by atoms with Gasteiger partial charge in [-0.15, -0.1) is 0 Å². The maximum Gasteiger partial charge on any atom is 0.261 e. The van der Waals surface area contributed by atoms with Crippen LogP contribution in [0.15, 0.2) is 18.2 Å². The number of carbonyl (C=O) groups is 4. The largest absolute Gasteiger partial charge is 0.295 e. The molecule has 1 aromatic carbocycles. The number of imide groups is 2. The van der Waals surface area contributed by atoms with Crippen LogP contribution >= 0.6 is 0 Å². The number of piperidine rings is 1. The average Bonchev–Trinajstić information content (AvgIpc) is 2.54. The zero-order chi connectivity index (χ0) is 17.6. The summed E-state index contributed by atoms with van der Waals surface area (Å²) in [6.45, 7) is 7.60. The highest BCUT2D eigenvalue weighted by Crippen LogP contribution is 2.17. The lowest BCUT2D eigenvalue weighted by molar-refractivity contribution is -0.139. The van der Waals surface area contributed by atoms with Crippen molar-refractivity contribution in [3.63, 3.8) is 0 Å². The van der Waals surface area contributed by atoms with Gasteiger partial charge in [-0.3, -0.25) is 29.4 Å². The molecule has 1 aliphatic heterocycles. The van der Waals surface area contributed by atoms with E-state index in [0.717, 1.165) is 16.0 Å². The normalized spacial score (nSPS) is 16.8. The molecular weight excluding hydrogens is 296 g/mol. The lowest BCUT2D eigenvalue weighted by Gasteiger charge is -2.28. The Morgan fingerprint density at radius 2 is 1.91 bits per heavy atom. The first kappa shape index (κ1) is 18.5. The molecule has 1 unspecified atom stereocenters. The number of hydrogen-bond acceptors (Lipinski definition) is 4. The second-order valence-electron chi connectivity index (χ2n) is 5.10. The van der Waals surface area contributed by atoms with Crippen molar-refractivity contribution >= 4 is 24.1 Å². The fourth-order valence-corrected chi connectivity index (χ4v) is 2.32. The zero-order valence-electron chi connectivity index (χ0n) is 13.9. The van der Waals surface area contributed by atoms with Crippen molar-refractivity contribution in [1.82, 2.24) is 10.2 Å². The summed E-state index contributed by atoms with van der Waals surface area (Å²) in [6.07, 6.45) is 0.616. The quantitative estimate of drug-likeness (QED) is 0.679. The topological polar surface area (TPSA) is 83.6 Å². The number of benzene rings is 1. The van der Waals surface area contributed by atoms with Crippen molar-refractivity contribution in [2.24, 2.45) is 0 Å². The van der Waals surface area contributed by atoms with Gasteiger partial charge in [0.05, 0.1) is 0 Å². The summed E-state index contributed by atoms with van der Waals surface area (Å²) in [6, 6.07) is 4.40. The third-order valence-corrected chi connectivity index (χ3v) is 3.52. The first-order valence-corrected chi connectivity index (χ1v) is 7.63. The van der Waals surface area contributed by atoms with Gasteiger partial charge >= 0.3 is 0 Å². The highest BCUT2D eigenvalue weighted by molar-refractivity contribution is 6.07. The first-order chi connectivity index (χ1) is 10.9. The van der Waals surface area contributed by atoms with Crippen LogP contribution in [0.25, 0.3) is 0 Å². The van der Waals surface area contributed by atoms with Crippen molar-refractivity contribution in [1.29, 1.82) is 0 Å². The van der Waals surface area contributed by atoms with Crippen LogP contribution in [-0.2, 0) is 14.4 Å². The van der Waals surface area contributed by atoms with Crippen LogP contribution in [0.4, 0.5) is 0 Å². The minimum absolute atomic E-state index is 0.112. The molecule has 0 aromatic heterocycles. The van der Waals surface area contributed by atoms with Gasteiger partial charge in [-0.05, 0) is 31.9 Å². The predicted molar refractivity (Wildman–Crippen MR) is 85.7 cm³/mol. The summed E-state index contributed by atoms with van der Waals surface area (Å²) in [4.78, 5) is 47.6. The monoisotopic (exact) mass is 318 g/mol. The van der Waals surface area contributed by atoms with Gasteiger partial charge in [0.2, 0.25) is 18.2 Å². The fraction of sp³-hybridized carbons (Fsp3) is 0.412. The van der Waals surface area contributed by atoms with E-state index in [2.05, 4.69) is 5.32 Å². The van der Waals surface area contributed by atoms with Crippen LogP contribution in [0.2, 0.25) is 0 Å². The van der Waals surface area contributed by atoms with Gasteiger partial charge in [0.25, 0.3) is 5.91 Å². The molecule has 0 aliphatic carbocycles. The SMILES string of the molecule is CC.Cc1ccc(C)c(C(=O)N(C=O)C2CCC(=O)NC2=O)c1. The van der Waals surface area contributed by atoms with Gasteiger partial charge in [0.15, 0.2) is 0 Å². The fourth-order valence-electron chi connectivity index (χ4n) is 2.32. The van der Waals surface area contributed by atoms with Gasteiger partial charge in [-0.1, -0.05) is 31.5 Å². The summed E-state index contributed by atoms with van der Waals surface area (Å²) >= 11 is 0. The van der Waals surface area contributed by atoms with Gasteiger partial charge in [0.1, 0.15) is 6.04 Å². The van der Waals surface area contributed by atoms with E-state index >= 15 is 0 Å². The Kier molecular flexibility index (Phi) is 6.63. The molecule has 0 radical (unpaired) electrons. The zero-order valence-corrected chi connectivity index (χ0v) is 13.9. The van der Waals surface area contributed by atoms with E-state index in [1.807, 2.05) is 26.8 Å². The van der Waals surface area contributed by atoms with E-state index in [9.17, 15) is 19.2 Å². The van der Waals surface area contributed by atoms with E-state index < -0.39 is 17.9 Å². The molecular formula is C17H22N2O4. The highest BCUT2D eigenvalue weighted by Gasteiger charge is 2.35. The highest BCUT2D eigenvalue weighted by atomic mass is 16.2. The Balaban J connectivity index is 0.00000127. The summed E-state index contributed by atoms with van der Waals surface area (Å²) in [5, 5.41) is 2.15. The molecule has 4 amide bonds. The molecule has 23 heavy (non-hydrogen) atoms. The molecule has 1 atom stereocenters. The van der Waals surface area contributed by atoms with Crippen LogP contribution in [0.5, 0.6) is 0 Å². The summed E-state index contributed by atoms with van der Waals surface area (Å²) < 4.78 is 0. The van der Waals surface area contributed by atoms with E-state index in [-0.39, 0.29) is 18.7 Å². The van der Waals surface area contributed by atoms with Gasteiger partial charge in [-0.25, -0.2) is 0 Å². The Morgan fingerprint density at radius 1 is 1.26 bits per heavy atom. The molecule has 0 saturated carbocycles. The van der Waals surface area contributed by atoms with Crippen LogP contribution in [0.1, 0.15) is 48.2 Å². The van der Waals surface area contributed by atoms with Crippen LogP contribution in [0, 0.1) is 13.8 Å². The van der Waals surface area contributed by atoms with Crippen molar-refractivity contribution in [2.75, 3.05) is 0 Å². The van der Waals surface area contributed by atoms with Gasteiger partial charge in [-0.2, -0.15) is 0 Å². The minimum atomic E-state index is -0.937. The molecule has 0 spiro atoms. The number of nitrogens with zero attached hydrogens (tertiary/aromatic N) is 1. The smallest absolute Gasteiger partial charge is 0.261 e. The van der Waals surface area contributed by atoms with Gasteiger partial charge in [0, 0.05) is 12.0 Å². The maximum atomic E-state index is 12.5. The molecule has 124 valence electrons. The van der Waals surface area contributed by atoms with E-state index in [1.54, 1.807) is 19.1 Å². The van der Waals surface area contributed by atoms with Crippen molar-refractivity contribution in [3.8, 4) is 0 Å². The number of hydrogen-bond donors (Lipinski definition) is 1. The number of carbonyl (C=O) groups excluding carboxylic acids is 4. The van der Waals surface area contributed by atoms with Crippen LogP contribution in [-0.4, -0.2) is 35.1 Å². The number of aryl methyl sites for hydroxylation is 2. The molecule has 1 saturated heterocycles. The standard InChI is InChI=1S/C15H16N2O4.C2H6/c1-9-3-4-10(2)11(7-9)15(21)17(8-18)12-5-6-13(19)16-14(12)20;1-2/h3-4,7-8,12H,5-6H2,1-2H3,(H,16,19,20);1-2H3. The maximum absolute atomic E-state index is 12.5. The Labute approximate surface area is 135 Å². The molecule has 6 heteroatoms. The molecule has 1 fully saturated rings. The van der Waals surface area contributed by atoms with E-state index in [4.69, 9.17) is 0 Å². The second-order valence-corrected chi connectivity index (χ2v) is 5.10. The molecule has 1 N–H and O–H groups in total. The van der Waals surface area contributed by atoms with E-state index in [0.29, 0.717) is 12.0 Å². The molecule has 0 bridgehead atoms. The number of rotatable bonds is 3. The van der Waals surface area contributed by atoms with Crippen LogP contribution < -0.4 is 5.32 Å². The molecule has 2 rings (SSSR count).